The standard InChI is InChI=1S/C14H24BrN3O2S/c1-5-7-16-13-12(8-11(15)9-17-13)21(19,20)18-10-14(3,4)6-2/h8-9,18H,5-7,10H2,1-4H3,(H,16,17). The maximum absolute atomic E-state index is 12.5. The van der Waals surface area contributed by atoms with Crippen LogP contribution >= 0.6 is 15.9 Å². The summed E-state index contributed by atoms with van der Waals surface area (Å²) < 4.78 is 28.4. The lowest BCUT2D eigenvalue weighted by Gasteiger charge is -2.23. The van der Waals surface area contributed by atoms with Crippen LogP contribution in [0.5, 0.6) is 0 Å². The molecule has 0 unspecified atom stereocenters. The summed E-state index contributed by atoms with van der Waals surface area (Å²) in [6.45, 7) is 9.20. The summed E-state index contributed by atoms with van der Waals surface area (Å²) >= 11 is 3.28. The Balaban J connectivity index is 3.03. The normalized spacial score (nSPS) is 12.4. The van der Waals surface area contributed by atoms with Gasteiger partial charge in [-0.2, -0.15) is 0 Å². The Morgan fingerprint density at radius 3 is 2.57 bits per heavy atom. The summed E-state index contributed by atoms with van der Waals surface area (Å²) in [7, 11) is -3.59. The van der Waals surface area contributed by atoms with Gasteiger partial charge in [0.1, 0.15) is 10.7 Å². The first-order chi connectivity index (χ1) is 9.72. The van der Waals surface area contributed by atoms with E-state index in [0.717, 1.165) is 12.8 Å². The number of hydrogen-bond acceptors (Lipinski definition) is 4. The van der Waals surface area contributed by atoms with E-state index in [4.69, 9.17) is 0 Å². The van der Waals surface area contributed by atoms with Crippen molar-refractivity contribution in [2.24, 2.45) is 5.41 Å². The first-order valence-corrected chi connectivity index (χ1v) is 9.38. The summed E-state index contributed by atoms with van der Waals surface area (Å²) in [6, 6.07) is 1.58. The molecule has 0 radical (unpaired) electrons. The van der Waals surface area contributed by atoms with Crippen LogP contribution in [0.15, 0.2) is 21.6 Å². The van der Waals surface area contributed by atoms with Crippen molar-refractivity contribution in [3.8, 4) is 0 Å². The molecule has 1 aromatic heterocycles. The van der Waals surface area contributed by atoms with Crippen molar-refractivity contribution in [1.29, 1.82) is 0 Å². The van der Waals surface area contributed by atoms with Gasteiger partial charge in [-0.25, -0.2) is 18.1 Å². The van der Waals surface area contributed by atoms with E-state index in [-0.39, 0.29) is 10.3 Å². The highest BCUT2D eigenvalue weighted by atomic mass is 79.9. The lowest BCUT2D eigenvalue weighted by molar-refractivity contribution is 0.350. The smallest absolute Gasteiger partial charge is 0.244 e. The third kappa shape index (κ3) is 5.56. The second-order valence-corrected chi connectivity index (χ2v) is 8.42. The largest absolute Gasteiger partial charge is 0.369 e. The Kier molecular flexibility index (Phi) is 6.62. The van der Waals surface area contributed by atoms with E-state index in [2.05, 4.69) is 31.0 Å². The summed E-state index contributed by atoms with van der Waals surface area (Å²) in [4.78, 5) is 4.35. The number of anilines is 1. The molecule has 120 valence electrons. The first-order valence-electron chi connectivity index (χ1n) is 7.11. The van der Waals surface area contributed by atoms with Gasteiger partial charge in [-0.05, 0) is 40.3 Å². The molecule has 7 heteroatoms. The van der Waals surface area contributed by atoms with Gasteiger partial charge >= 0.3 is 0 Å². The van der Waals surface area contributed by atoms with E-state index in [1.54, 1.807) is 12.3 Å². The average molecular weight is 378 g/mol. The molecule has 0 aliphatic rings. The topological polar surface area (TPSA) is 71.1 Å². The van der Waals surface area contributed by atoms with Gasteiger partial charge in [0.15, 0.2) is 0 Å². The molecule has 21 heavy (non-hydrogen) atoms. The van der Waals surface area contributed by atoms with Crippen molar-refractivity contribution in [3.05, 3.63) is 16.7 Å². The highest BCUT2D eigenvalue weighted by Gasteiger charge is 2.24. The fourth-order valence-corrected chi connectivity index (χ4v) is 3.38. The molecule has 1 aromatic rings. The zero-order valence-corrected chi connectivity index (χ0v) is 15.4. The lowest BCUT2D eigenvalue weighted by atomic mass is 9.91. The molecule has 0 atom stereocenters. The van der Waals surface area contributed by atoms with Gasteiger partial charge in [-0.3, -0.25) is 0 Å². The van der Waals surface area contributed by atoms with Crippen LogP contribution in [-0.4, -0.2) is 26.5 Å². The van der Waals surface area contributed by atoms with Crippen LogP contribution in [0.1, 0.15) is 40.5 Å². The fourth-order valence-electron chi connectivity index (χ4n) is 1.49. The molecule has 1 rings (SSSR count). The monoisotopic (exact) mass is 377 g/mol. The van der Waals surface area contributed by atoms with Crippen molar-refractivity contribution in [1.82, 2.24) is 9.71 Å². The molecule has 0 aliphatic heterocycles. The minimum atomic E-state index is -3.59. The molecular formula is C14H24BrN3O2S. The van der Waals surface area contributed by atoms with E-state index in [1.165, 1.54) is 0 Å². The van der Waals surface area contributed by atoms with Crippen LogP contribution in [-0.2, 0) is 10.0 Å². The highest BCUT2D eigenvalue weighted by molar-refractivity contribution is 9.10. The lowest BCUT2D eigenvalue weighted by Crippen LogP contribution is -2.34. The highest BCUT2D eigenvalue weighted by Crippen LogP contribution is 2.24. The number of pyridine rings is 1. The predicted molar refractivity (Wildman–Crippen MR) is 90.0 cm³/mol. The maximum atomic E-state index is 12.5. The van der Waals surface area contributed by atoms with Gasteiger partial charge in [0, 0.05) is 23.8 Å². The van der Waals surface area contributed by atoms with Gasteiger partial charge in [0.2, 0.25) is 10.0 Å². The Labute approximate surface area is 136 Å². The molecule has 0 saturated heterocycles. The minimum Gasteiger partial charge on any atom is -0.369 e. The molecule has 0 aliphatic carbocycles. The van der Waals surface area contributed by atoms with E-state index in [1.807, 2.05) is 27.7 Å². The second kappa shape index (κ2) is 7.56. The quantitative estimate of drug-likeness (QED) is 0.728. The molecule has 0 saturated carbocycles. The summed E-state index contributed by atoms with van der Waals surface area (Å²) in [5.41, 5.74) is -0.0798. The Morgan fingerprint density at radius 2 is 2.00 bits per heavy atom. The predicted octanol–water partition coefficient (Wildman–Crippen LogP) is 3.38. The van der Waals surface area contributed by atoms with E-state index in [0.29, 0.717) is 23.4 Å². The van der Waals surface area contributed by atoms with Crippen LogP contribution in [0.25, 0.3) is 0 Å². The van der Waals surface area contributed by atoms with Crippen LogP contribution in [0.2, 0.25) is 0 Å². The van der Waals surface area contributed by atoms with E-state index in [9.17, 15) is 8.42 Å². The van der Waals surface area contributed by atoms with Crippen molar-refractivity contribution in [2.75, 3.05) is 18.4 Å². The van der Waals surface area contributed by atoms with Crippen molar-refractivity contribution in [2.45, 2.75) is 45.4 Å². The second-order valence-electron chi connectivity index (χ2n) is 5.77. The fraction of sp³-hybridized carbons (Fsp3) is 0.643. The van der Waals surface area contributed by atoms with Gasteiger partial charge in [-0.15, -0.1) is 0 Å². The van der Waals surface area contributed by atoms with Crippen LogP contribution in [0.3, 0.4) is 0 Å². The SMILES string of the molecule is CCCNc1ncc(Br)cc1S(=O)(=O)NCC(C)(C)CC. The maximum Gasteiger partial charge on any atom is 0.244 e. The van der Waals surface area contributed by atoms with Crippen molar-refractivity contribution >= 4 is 31.8 Å². The van der Waals surface area contributed by atoms with Crippen LogP contribution in [0, 0.1) is 5.41 Å². The van der Waals surface area contributed by atoms with Crippen LogP contribution in [0.4, 0.5) is 5.82 Å². The number of nitrogens with zero attached hydrogens (tertiary/aromatic N) is 1. The minimum absolute atomic E-state index is 0.0798. The van der Waals surface area contributed by atoms with Gasteiger partial charge in [0.25, 0.3) is 0 Å². The van der Waals surface area contributed by atoms with Gasteiger partial charge < -0.3 is 5.32 Å². The van der Waals surface area contributed by atoms with Gasteiger partial charge in [-0.1, -0.05) is 27.7 Å². The summed E-state index contributed by atoms with van der Waals surface area (Å²) in [5, 5.41) is 3.06. The number of hydrogen-bond donors (Lipinski definition) is 2. The molecule has 0 fully saturated rings. The molecule has 2 N–H and O–H groups in total. The number of nitrogens with one attached hydrogen (secondary N) is 2. The number of halogens is 1. The Morgan fingerprint density at radius 1 is 1.33 bits per heavy atom. The summed E-state index contributed by atoms with van der Waals surface area (Å²) in [6.07, 6.45) is 3.38. The third-order valence-electron chi connectivity index (χ3n) is 3.35. The Bertz CT molecular complexity index is 574. The Hall–Kier alpha value is -0.660. The molecule has 1 heterocycles. The van der Waals surface area contributed by atoms with Gasteiger partial charge in [0.05, 0.1) is 0 Å². The van der Waals surface area contributed by atoms with E-state index >= 15 is 0 Å². The molecule has 5 nitrogen and oxygen atoms in total. The number of aromatic nitrogens is 1. The van der Waals surface area contributed by atoms with Crippen molar-refractivity contribution < 1.29 is 8.42 Å². The first kappa shape index (κ1) is 18.4. The molecule has 0 spiro atoms. The summed E-state index contributed by atoms with van der Waals surface area (Å²) in [5.74, 6) is 0.391. The molecule has 0 bridgehead atoms. The van der Waals surface area contributed by atoms with Crippen LogP contribution < -0.4 is 10.0 Å². The van der Waals surface area contributed by atoms with Crippen molar-refractivity contribution in [3.63, 3.8) is 0 Å². The average Bonchev–Trinajstić information content (AvgIpc) is 2.44. The zero-order chi connectivity index (χ0) is 16.1. The van der Waals surface area contributed by atoms with E-state index < -0.39 is 10.0 Å². The number of rotatable bonds is 8. The third-order valence-corrected chi connectivity index (χ3v) is 5.20. The molecule has 0 amide bonds. The molecular weight excluding hydrogens is 354 g/mol. The number of sulfonamides is 1. The zero-order valence-electron chi connectivity index (χ0n) is 13.0. The molecule has 0 aromatic carbocycles.